The van der Waals surface area contributed by atoms with Crippen molar-refractivity contribution >= 4 is 35.0 Å². The number of benzene rings is 2. The van der Waals surface area contributed by atoms with E-state index in [0.29, 0.717) is 33.3 Å². The molecule has 0 saturated heterocycles. The Morgan fingerprint density at radius 1 is 1.03 bits per heavy atom. The highest BCUT2D eigenvalue weighted by molar-refractivity contribution is 8.00. The van der Waals surface area contributed by atoms with Crippen molar-refractivity contribution in [1.82, 2.24) is 4.98 Å². The van der Waals surface area contributed by atoms with Gasteiger partial charge in [-0.05, 0) is 75.2 Å². The Kier molecular flexibility index (Phi) is 7.92. The standard InChI is InChI=1S/C26H26N4O3S/c1-15-16(2)21(14-27)26(28-17(15)3)34-18(4)24(31)29-20-12-10-19(11-13-20)25(32)30-22-8-6-7-9-23(22)33-5/h6-13,18H,1-5H3,(H,29,31)(H,30,32). The zero-order valence-electron chi connectivity index (χ0n) is 19.7. The van der Waals surface area contributed by atoms with Crippen LogP contribution in [0.25, 0.3) is 0 Å². The highest BCUT2D eigenvalue weighted by Crippen LogP contribution is 2.30. The number of amides is 2. The van der Waals surface area contributed by atoms with Crippen molar-refractivity contribution in [3.05, 3.63) is 76.5 Å². The molecule has 0 bridgehead atoms. The summed E-state index contributed by atoms with van der Waals surface area (Å²) < 4.78 is 5.26. The first kappa shape index (κ1) is 24.8. The molecule has 1 heterocycles. The van der Waals surface area contributed by atoms with E-state index in [2.05, 4.69) is 21.7 Å². The van der Waals surface area contributed by atoms with E-state index < -0.39 is 5.25 Å². The van der Waals surface area contributed by atoms with Crippen molar-refractivity contribution in [2.45, 2.75) is 38.0 Å². The maximum Gasteiger partial charge on any atom is 0.255 e. The Bertz CT molecular complexity index is 1270. The summed E-state index contributed by atoms with van der Waals surface area (Å²) >= 11 is 1.25. The Morgan fingerprint density at radius 2 is 1.71 bits per heavy atom. The average Bonchev–Trinajstić information content (AvgIpc) is 2.83. The van der Waals surface area contributed by atoms with E-state index >= 15 is 0 Å². The van der Waals surface area contributed by atoms with Crippen LogP contribution in [-0.2, 0) is 4.79 Å². The molecule has 2 amide bonds. The molecule has 1 unspecified atom stereocenters. The molecule has 3 aromatic rings. The molecule has 8 heteroatoms. The zero-order chi connectivity index (χ0) is 24.8. The highest BCUT2D eigenvalue weighted by Gasteiger charge is 2.20. The number of thioether (sulfide) groups is 1. The highest BCUT2D eigenvalue weighted by atomic mass is 32.2. The molecule has 1 atom stereocenters. The largest absolute Gasteiger partial charge is 0.495 e. The predicted octanol–water partition coefficient (Wildman–Crippen LogP) is 5.26. The number of methoxy groups -OCH3 is 1. The van der Waals surface area contributed by atoms with Crippen LogP contribution in [0.1, 0.15) is 39.7 Å². The lowest BCUT2D eigenvalue weighted by molar-refractivity contribution is -0.115. The molecule has 0 aliphatic rings. The van der Waals surface area contributed by atoms with Gasteiger partial charge >= 0.3 is 0 Å². The monoisotopic (exact) mass is 474 g/mol. The fourth-order valence-corrected chi connectivity index (χ4v) is 4.25. The predicted molar refractivity (Wildman–Crippen MR) is 135 cm³/mol. The van der Waals surface area contributed by atoms with E-state index in [4.69, 9.17) is 4.74 Å². The van der Waals surface area contributed by atoms with Crippen molar-refractivity contribution < 1.29 is 14.3 Å². The van der Waals surface area contributed by atoms with Crippen LogP contribution in [-0.4, -0.2) is 29.2 Å². The molecule has 34 heavy (non-hydrogen) atoms. The van der Waals surface area contributed by atoms with E-state index in [1.165, 1.54) is 11.8 Å². The number of hydrogen-bond donors (Lipinski definition) is 2. The van der Waals surface area contributed by atoms with E-state index in [-0.39, 0.29) is 11.8 Å². The van der Waals surface area contributed by atoms with Gasteiger partial charge in [0.2, 0.25) is 5.91 Å². The molecule has 7 nitrogen and oxygen atoms in total. The van der Waals surface area contributed by atoms with Gasteiger partial charge < -0.3 is 15.4 Å². The molecule has 174 valence electrons. The van der Waals surface area contributed by atoms with Crippen LogP contribution in [0.15, 0.2) is 53.6 Å². The molecule has 3 rings (SSSR count). The normalized spacial score (nSPS) is 11.3. The molecule has 2 N–H and O–H groups in total. The number of rotatable bonds is 7. The van der Waals surface area contributed by atoms with Gasteiger partial charge in [-0.15, -0.1) is 0 Å². The third-order valence-electron chi connectivity index (χ3n) is 5.50. The van der Waals surface area contributed by atoms with Gasteiger partial charge in [-0.25, -0.2) is 4.98 Å². The third-order valence-corrected chi connectivity index (χ3v) is 6.59. The number of aryl methyl sites for hydroxylation is 1. The molecule has 1 aromatic heterocycles. The minimum atomic E-state index is -0.477. The summed E-state index contributed by atoms with van der Waals surface area (Å²) in [6, 6.07) is 16.0. The number of pyridine rings is 1. The van der Waals surface area contributed by atoms with Gasteiger partial charge in [0, 0.05) is 16.9 Å². The van der Waals surface area contributed by atoms with Gasteiger partial charge in [0.25, 0.3) is 5.91 Å². The Hall–Kier alpha value is -3.83. The lowest BCUT2D eigenvalue weighted by Crippen LogP contribution is -2.23. The van der Waals surface area contributed by atoms with Crippen LogP contribution in [0, 0.1) is 32.1 Å². The lowest BCUT2D eigenvalue weighted by atomic mass is 10.1. The molecule has 0 radical (unpaired) electrons. The van der Waals surface area contributed by atoms with Crippen molar-refractivity contribution in [2.75, 3.05) is 17.7 Å². The molecule has 0 aliphatic carbocycles. The second-order valence-corrected chi connectivity index (χ2v) is 9.05. The van der Waals surface area contributed by atoms with Crippen LogP contribution in [0.4, 0.5) is 11.4 Å². The van der Waals surface area contributed by atoms with E-state index in [9.17, 15) is 14.9 Å². The maximum absolute atomic E-state index is 12.7. The summed E-state index contributed by atoms with van der Waals surface area (Å²) in [7, 11) is 1.54. The number of nitriles is 1. The molecular formula is C26H26N4O3S. The minimum absolute atomic E-state index is 0.224. The first-order valence-corrected chi connectivity index (χ1v) is 11.5. The number of anilines is 2. The van der Waals surface area contributed by atoms with Crippen LogP contribution >= 0.6 is 11.8 Å². The fraction of sp³-hybridized carbons (Fsp3) is 0.231. The first-order chi connectivity index (χ1) is 16.2. The summed E-state index contributed by atoms with van der Waals surface area (Å²) in [6.07, 6.45) is 0. The number of ether oxygens (including phenoxy) is 1. The third kappa shape index (κ3) is 5.56. The van der Waals surface area contributed by atoms with Gasteiger partial charge in [0.15, 0.2) is 0 Å². The maximum atomic E-state index is 12.7. The summed E-state index contributed by atoms with van der Waals surface area (Å²) in [6.45, 7) is 7.48. The summed E-state index contributed by atoms with van der Waals surface area (Å²) in [5, 5.41) is 15.3. The van der Waals surface area contributed by atoms with Gasteiger partial charge in [-0.2, -0.15) is 5.26 Å². The number of nitrogens with zero attached hydrogens (tertiary/aromatic N) is 2. The van der Waals surface area contributed by atoms with Crippen molar-refractivity contribution in [3.8, 4) is 11.8 Å². The Labute approximate surface area is 203 Å². The van der Waals surface area contributed by atoms with Crippen molar-refractivity contribution in [2.24, 2.45) is 0 Å². The number of carbonyl (C=O) groups excluding carboxylic acids is 2. The number of nitrogens with one attached hydrogen (secondary N) is 2. The molecule has 2 aromatic carbocycles. The number of hydrogen-bond acceptors (Lipinski definition) is 6. The lowest BCUT2D eigenvalue weighted by Gasteiger charge is -2.15. The van der Waals surface area contributed by atoms with E-state index in [1.54, 1.807) is 50.4 Å². The van der Waals surface area contributed by atoms with E-state index in [0.717, 1.165) is 16.8 Å². The molecule has 0 aliphatic heterocycles. The molecule has 0 saturated carbocycles. The smallest absolute Gasteiger partial charge is 0.255 e. The second kappa shape index (κ2) is 10.9. The van der Waals surface area contributed by atoms with Crippen LogP contribution in [0.2, 0.25) is 0 Å². The van der Waals surface area contributed by atoms with E-state index in [1.807, 2.05) is 32.9 Å². The molecule has 0 fully saturated rings. The summed E-state index contributed by atoms with van der Waals surface area (Å²) in [4.78, 5) is 29.8. The van der Waals surface area contributed by atoms with Crippen LogP contribution in [0.3, 0.4) is 0 Å². The van der Waals surface area contributed by atoms with Crippen LogP contribution < -0.4 is 15.4 Å². The van der Waals surface area contributed by atoms with Gasteiger partial charge in [-0.1, -0.05) is 23.9 Å². The topological polar surface area (TPSA) is 104 Å². The number of aromatic nitrogens is 1. The zero-order valence-corrected chi connectivity index (χ0v) is 20.5. The number of carbonyl (C=O) groups is 2. The van der Waals surface area contributed by atoms with Gasteiger partial charge in [0.05, 0.1) is 23.6 Å². The van der Waals surface area contributed by atoms with Gasteiger partial charge in [0.1, 0.15) is 16.8 Å². The minimum Gasteiger partial charge on any atom is -0.495 e. The Morgan fingerprint density at radius 3 is 2.35 bits per heavy atom. The fourth-order valence-electron chi connectivity index (χ4n) is 3.24. The molecule has 0 spiro atoms. The number of para-hydroxylation sites is 2. The first-order valence-electron chi connectivity index (χ1n) is 10.6. The van der Waals surface area contributed by atoms with Crippen LogP contribution in [0.5, 0.6) is 5.75 Å². The van der Waals surface area contributed by atoms with Gasteiger partial charge in [-0.3, -0.25) is 9.59 Å². The SMILES string of the molecule is COc1ccccc1NC(=O)c1ccc(NC(=O)C(C)Sc2nc(C)c(C)c(C)c2C#N)cc1. The van der Waals surface area contributed by atoms with Crippen molar-refractivity contribution in [1.29, 1.82) is 5.26 Å². The van der Waals surface area contributed by atoms with Crippen molar-refractivity contribution in [3.63, 3.8) is 0 Å². The second-order valence-electron chi connectivity index (χ2n) is 7.72. The Balaban J connectivity index is 1.66. The molecular weight excluding hydrogens is 448 g/mol. The summed E-state index contributed by atoms with van der Waals surface area (Å²) in [5.74, 6) is 0.0588. The summed E-state index contributed by atoms with van der Waals surface area (Å²) in [5.41, 5.74) is 4.78. The average molecular weight is 475 g/mol. The quantitative estimate of drug-likeness (QED) is 0.453.